The average Bonchev–Trinajstić information content (AvgIpc) is 2.29. The quantitative estimate of drug-likeness (QED) is 0.849. The summed E-state index contributed by atoms with van der Waals surface area (Å²) in [6, 6.07) is -0.449. The SMILES string of the molecule is Cc1nn(C)c(Cl)c1CC(N)CS(C)(=O)=O. The number of halogens is 1. The number of rotatable bonds is 4. The standard InChI is InChI=1S/C9H16ClN3O2S/c1-6-8(9(10)13(2)12-6)4-7(11)5-16(3,14)15/h7H,4-5,11H2,1-3H3. The maximum Gasteiger partial charge on any atom is 0.148 e. The van der Waals surface area contributed by atoms with Crippen molar-refractivity contribution in [3.8, 4) is 0 Å². The first kappa shape index (κ1) is 13.5. The lowest BCUT2D eigenvalue weighted by atomic mass is 10.1. The summed E-state index contributed by atoms with van der Waals surface area (Å²) in [7, 11) is -1.32. The predicted octanol–water partition coefficient (Wildman–Crippen LogP) is 0.296. The largest absolute Gasteiger partial charge is 0.326 e. The molecule has 5 nitrogen and oxygen atoms in total. The van der Waals surface area contributed by atoms with Crippen LogP contribution in [0.5, 0.6) is 0 Å². The molecule has 1 aromatic heterocycles. The summed E-state index contributed by atoms with van der Waals surface area (Å²) in [5, 5.41) is 4.66. The molecule has 0 fully saturated rings. The Morgan fingerprint density at radius 3 is 2.50 bits per heavy atom. The van der Waals surface area contributed by atoms with Crippen LogP contribution in [0.3, 0.4) is 0 Å². The highest BCUT2D eigenvalue weighted by atomic mass is 35.5. The van der Waals surface area contributed by atoms with Gasteiger partial charge in [-0.05, 0) is 13.3 Å². The smallest absolute Gasteiger partial charge is 0.148 e. The van der Waals surface area contributed by atoms with E-state index >= 15 is 0 Å². The molecule has 16 heavy (non-hydrogen) atoms. The number of hydrogen-bond donors (Lipinski definition) is 1. The van der Waals surface area contributed by atoms with E-state index in [9.17, 15) is 8.42 Å². The number of sulfone groups is 1. The van der Waals surface area contributed by atoms with E-state index in [1.54, 1.807) is 11.7 Å². The molecule has 1 aromatic rings. The fourth-order valence-electron chi connectivity index (χ4n) is 1.62. The molecule has 0 aliphatic heterocycles. The molecule has 7 heteroatoms. The van der Waals surface area contributed by atoms with E-state index in [0.717, 1.165) is 11.3 Å². The summed E-state index contributed by atoms with van der Waals surface area (Å²) in [6.45, 7) is 1.83. The molecule has 0 spiro atoms. The van der Waals surface area contributed by atoms with Crippen molar-refractivity contribution in [1.82, 2.24) is 9.78 Å². The summed E-state index contributed by atoms with van der Waals surface area (Å²) in [5.41, 5.74) is 7.37. The van der Waals surface area contributed by atoms with E-state index in [-0.39, 0.29) is 5.75 Å². The van der Waals surface area contributed by atoms with Gasteiger partial charge < -0.3 is 5.73 Å². The minimum absolute atomic E-state index is 0.0440. The lowest BCUT2D eigenvalue weighted by molar-refractivity contribution is 0.591. The van der Waals surface area contributed by atoms with Gasteiger partial charge in [0.05, 0.1) is 11.4 Å². The Balaban J connectivity index is 2.81. The first-order valence-corrected chi connectivity index (χ1v) is 7.26. The third kappa shape index (κ3) is 3.47. The van der Waals surface area contributed by atoms with Gasteiger partial charge in [-0.3, -0.25) is 4.68 Å². The molecule has 0 aliphatic rings. The van der Waals surface area contributed by atoms with Gasteiger partial charge in [0.25, 0.3) is 0 Å². The van der Waals surface area contributed by atoms with Gasteiger partial charge in [-0.25, -0.2) is 8.42 Å². The van der Waals surface area contributed by atoms with Gasteiger partial charge >= 0.3 is 0 Å². The highest BCUT2D eigenvalue weighted by molar-refractivity contribution is 7.90. The van der Waals surface area contributed by atoms with Gasteiger partial charge in [0, 0.05) is 24.9 Å². The van der Waals surface area contributed by atoms with Crippen molar-refractivity contribution in [3.05, 3.63) is 16.4 Å². The van der Waals surface area contributed by atoms with Crippen molar-refractivity contribution in [1.29, 1.82) is 0 Å². The van der Waals surface area contributed by atoms with Crippen LogP contribution < -0.4 is 5.73 Å². The van der Waals surface area contributed by atoms with Crippen LogP contribution in [0.2, 0.25) is 5.15 Å². The minimum atomic E-state index is -3.06. The summed E-state index contributed by atoms with van der Waals surface area (Å²) in [6.07, 6.45) is 1.59. The topological polar surface area (TPSA) is 78.0 Å². The van der Waals surface area contributed by atoms with Gasteiger partial charge in [-0.2, -0.15) is 5.10 Å². The Morgan fingerprint density at radius 1 is 1.56 bits per heavy atom. The van der Waals surface area contributed by atoms with Crippen LogP contribution in [-0.4, -0.2) is 36.2 Å². The maximum atomic E-state index is 11.1. The highest BCUT2D eigenvalue weighted by Gasteiger charge is 2.17. The molecule has 0 amide bonds. The Labute approximate surface area is 100 Å². The zero-order valence-corrected chi connectivity index (χ0v) is 11.1. The minimum Gasteiger partial charge on any atom is -0.326 e. The molecule has 0 saturated heterocycles. The van der Waals surface area contributed by atoms with Crippen LogP contribution in [0.25, 0.3) is 0 Å². The second kappa shape index (κ2) is 4.73. The van der Waals surface area contributed by atoms with E-state index in [1.165, 1.54) is 6.26 Å². The summed E-state index contributed by atoms with van der Waals surface area (Å²) >= 11 is 6.02. The van der Waals surface area contributed by atoms with E-state index in [1.807, 2.05) is 6.92 Å². The highest BCUT2D eigenvalue weighted by Crippen LogP contribution is 2.20. The first-order chi connectivity index (χ1) is 7.20. The summed E-state index contributed by atoms with van der Waals surface area (Å²) < 4.78 is 23.7. The second-order valence-electron chi connectivity index (χ2n) is 4.04. The molecule has 0 aromatic carbocycles. The van der Waals surface area contributed by atoms with Crippen molar-refractivity contribution in [3.63, 3.8) is 0 Å². The van der Waals surface area contributed by atoms with Crippen molar-refractivity contribution in [2.45, 2.75) is 19.4 Å². The third-order valence-electron chi connectivity index (χ3n) is 2.25. The Hall–Kier alpha value is -0.590. The van der Waals surface area contributed by atoms with Crippen molar-refractivity contribution >= 4 is 21.4 Å². The van der Waals surface area contributed by atoms with Crippen LogP contribution in [0, 0.1) is 6.92 Å². The molecule has 1 heterocycles. The molecular formula is C9H16ClN3O2S. The monoisotopic (exact) mass is 265 g/mol. The van der Waals surface area contributed by atoms with E-state index in [4.69, 9.17) is 17.3 Å². The van der Waals surface area contributed by atoms with E-state index in [0.29, 0.717) is 11.6 Å². The summed E-state index contributed by atoms with van der Waals surface area (Å²) in [5.74, 6) is -0.0440. The normalized spacial score (nSPS) is 14.1. The number of aromatic nitrogens is 2. The lowest BCUT2D eigenvalue weighted by Crippen LogP contribution is -2.31. The zero-order valence-electron chi connectivity index (χ0n) is 9.57. The molecule has 1 rings (SSSR count). The molecule has 1 atom stereocenters. The zero-order chi connectivity index (χ0) is 12.5. The fourth-order valence-corrected chi connectivity index (χ4v) is 2.76. The average molecular weight is 266 g/mol. The molecule has 1 unspecified atom stereocenters. The van der Waals surface area contributed by atoms with Crippen LogP contribution in [0.4, 0.5) is 0 Å². The van der Waals surface area contributed by atoms with Crippen LogP contribution in [-0.2, 0) is 23.3 Å². The molecule has 2 N–H and O–H groups in total. The van der Waals surface area contributed by atoms with Crippen molar-refractivity contribution in [2.75, 3.05) is 12.0 Å². The van der Waals surface area contributed by atoms with Crippen molar-refractivity contribution in [2.24, 2.45) is 12.8 Å². The maximum absolute atomic E-state index is 11.1. The van der Waals surface area contributed by atoms with E-state index < -0.39 is 15.9 Å². The molecule has 0 saturated carbocycles. The van der Waals surface area contributed by atoms with Gasteiger partial charge in [-0.15, -0.1) is 0 Å². The molecular weight excluding hydrogens is 250 g/mol. The van der Waals surface area contributed by atoms with E-state index in [2.05, 4.69) is 5.10 Å². The molecule has 92 valence electrons. The lowest BCUT2D eigenvalue weighted by Gasteiger charge is -2.09. The van der Waals surface area contributed by atoms with Crippen molar-refractivity contribution < 1.29 is 8.42 Å². The third-order valence-corrected chi connectivity index (χ3v) is 3.76. The Bertz CT molecular complexity index is 481. The van der Waals surface area contributed by atoms with Crippen LogP contribution in [0.15, 0.2) is 0 Å². The van der Waals surface area contributed by atoms with Gasteiger partial charge in [0.15, 0.2) is 0 Å². The number of hydrogen-bond acceptors (Lipinski definition) is 4. The molecule has 0 radical (unpaired) electrons. The van der Waals surface area contributed by atoms with Gasteiger partial charge in [0.2, 0.25) is 0 Å². The molecule has 0 bridgehead atoms. The van der Waals surface area contributed by atoms with Gasteiger partial charge in [0.1, 0.15) is 15.0 Å². The van der Waals surface area contributed by atoms with Gasteiger partial charge in [-0.1, -0.05) is 11.6 Å². The number of nitrogens with two attached hydrogens (primary N) is 1. The van der Waals surface area contributed by atoms with Crippen LogP contribution in [0.1, 0.15) is 11.3 Å². The second-order valence-corrected chi connectivity index (χ2v) is 6.58. The predicted molar refractivity (Wildman–Crippen MR) is 64.3 cm³/mol. The van der Waals surface area contributed by atoms with Crippen LogP contribution >= 0.6 is 11.6 Å². The number of aryl methyl sites for hydroxylation is 2. The Kier molecular flexibility index (Phi) is 3.98. The fraction of sp³-hybridized carbons (Fsp3) is 0.667. The first-order valence-electron chi connectivity index (χ1n) is 4.82. The summed E-state index contributed by atoms with van der Waals surface area (Å²) in [4.78, 5) is 0. The molecule has 0 aliphatic carbocycles. The number of nitrogens with zero attached hydrogens (tertiary/aromatic N) is 2. The Morgan fingerprint density at radius 2 is 2.12 bits per heavy atom.